The predicted molar refractivity (Wildman–Crippen MR) is 83.9 cm³/mol. The van der Waals surface area contributed by atoms with Crippen molar-refractivity contribution in [2.45, 2.75) is 12.5 Å². The molecule has 1 aromatic heterocycles. The molecule has 0 saturated carbocycles. The Morgan fingerprint density at radius 1 is 1.41 bits per heavy atom. The van der Waals surface area contributed by atoms with Crippen LogP contribution in [0.1, 0.15) is 16.9 Å². The van der Waals surface area contributed by atoms with Gasteiger partial charge in [0.25, 0.3) is 0 Å². The molecule has 0 aliphatic carbocycles. The molecule has 0 amide bonds. The number of aromatic nitrogens is 2. The number of benzene rings is 1. The Balaban J connectivity index is 1.85. The average molecular weight is 320 g/mol. The molecule has 2 aromatic rings. The first kappa shape index (κ1) is 14.8. The maximum absolute atomic E-state index is 10.9. The molecule has 116 valence electrons. The highest BCUT2D eigenvalue weighted by atomic mass is 32.2. The van der Waals surface area contributed by atoms with Crippen LogP contribution in [0.2, 0.25) is 0 Å². The molecule has 0 bridgehead atoms. The third-order valence-electron chi connectivity index (χ3n) is 3.45. The topological polar surface area (TPSA) is 84.4 Å². The molecule has 2 N–H and O–H groups in total. The van der Waals surface area contributed by atoms with E-state index in [0.717, 1.165) is 23.5 Å². The van der Waals surface area contributed by atoms with Crippen LogP contribution in [0.3, 0.4) is 0 Å². The molecule has 3 rings (SSSR count). The van der Waals surface area contributed by atoms with Gasteiger partial charge in [0, 0.05) is 11.3 Å². The number of rotatable bonds is 5. The summed E-state index contributed by atoms with van der Waals surface area (Å²) in [5.41, 5.74) is 1.38. The van der Waals surface area contributed by atoms with Crippen molar-refractivity contribution >= 4 is 17.7 Å². The number of carboxylic acids is 1. The smallest absolute Gasteiger partial charge is 0.353 e. The normalized spacial score (nSPS) is 17.4. The number of nitrogens with zero attached hydrogens (tertiary/aromatic N) is 1. The lowest BCUT2D eigenvalue weighted by Gasteiger charge is -2.15. The van der Waals surface area contributed by atoms with Crippen LogP contribution in [0.25, 0.3) is 11.3 Å². The van der Waals surface area contributed by atoms with E-state index in [0.29, 0.717) is 17.2 Å². The average Bonchev–Trinajstić information content (AvgIpc) is 3.18. The number of ether oxygens (including phenoxy) is 2. The highest BCUT2D eigenvalue weighted by Crippen LogP contribution is 2.34. The summed E-state index contributed by atoms with van der Waals surface area (Å²) in [6.45, 7) is 0. The number of hydrogen-bond acceptors (Lipinski definition) is 5. The summed E-state index contributed by atoms with van der Waals surface area (Å²) in [5.74, 6) is 2.40. The maximum atomic E-state index is 10.9. The molecule has 1 aliphatic heterocycles. The van der Waals surface area contributed by atoms with Crippen LogP contribution in [-0.4, -0.2) is 46.0 Å². The second kappa shape index (κ2) is 6.31. The fraction of sp³-hybridized carbons (Fsp3) is 0.333. The minimum absolute atomic E-state index is 0.0530. The molecule has 1 aromatic carbocycles. The Hall–Kier alpha value is -2.15. The SMILES string of the molecule is COc1cc(-c2cc(C(=O)O)[nH]n2)ccc1OC1CCSC1. The van der Waals surface area contributed by atoms with Crippen molar-refractivity contribution in [3.05, 3.63) is 30.0 Å². The summed E-state index contributed by atoms with van der Waals surface area (Å²) in [6, 6.07) is 6.98. The number of aromatic amines is 1. The lowest BCUT2D eigenvalue weighted by Crippen LogP contribution is -2.15. The summed E-state index contributed by atoms with van der Waals surface area (Å²) >= 11 is 1.88. The van der Waals surface area contributed by atoms with Crippen LogP contribution in [-0.2, 0) is 0 Å². The first-order valence-corrected chi connectivity index (χ1v) is 8.04. The summed E-state index contributed by atoms with van der Waals surface area (Å²) < 4.78 is 11.3. The van der Waals surface area contributed by atoms with E-state index in [4.69, 9.17) is 14.6 Å². The monoisotopic (exact) mass is 320 g/mol. The number of hydrogen-bond donors (Lipinski definition) is 2. The third kappa shape index (κ3) is 3.04. The lowest BCUT2D eigenvalue weighted by molar-refractivity contribution is 0.0690. The zero-order valence-corrected chi connectivity index (χ0v) is 12.9. The fourth-order valence-corrected chi connectivity index (χ4v) is 3.38. The van der Waals surface area contributed by atoms with Gasteiger partial charge in [-0.15, -0.1) is 0 Å². The molecule has 1 atom stereocenters. The van der Waals surface area contributed by atoms with Crippen LogP contribution in [0.15, 0.2) is 24.3 Å². The van der Waals surface area contributed by atoms with Crippen molar-refractivity contribution in [1.82, 2.24) is 10.2 Å². The molecule has 2 heterocycles. The first-order chi connectivity index (χ1) is 10.7. The second-order valence-electron chi connectivity index (χ2n) is 4.94. The molecule has 1 aliphatic rings. The Morgan fingerprint density at radius 3 is 2.91 bits per heavy atom. The van der Waals surface area contributed by atoms with Crippen molar-refractivity contribution in [2.24, 2.45) is 0 Å². The molecule has 22 heavy (non-hydrogen) atoms. The van der Waals surface area contributed by atoms with E-state index in [2.05, 4.69) is 10.2 Å². The highest BCUT2D eigenvalue weighted by Gasteiger charge is 2.19. The van der Waals surface area contributed by atoms with Gasteiger partial charge in [-0.1, -0.05) is 0 Å². The van der Waals surface area contributed by atoms with Crippen molar-refractivity contribution < 1.29 is 19.4 Å². The summed E-state index contributed by atoms with van der Waals surface area (Å²) in [7, 11) is 1.59. The quantitative estimate of drug-likeness (QED) is 0.881. The van der Waals surface area contributed by atoms with Gasteiger partial charge in [0.05, 0.1) is 12.8 Å². The van der Waals surface area contributed by atoms with Crippen molar-refractivity contribution in [3.63, 3.8) is 0 Å². The number of thioether (sulfide) groups is 1. The number of nitrogens with one attached hydrogen (secondary N) is 1. The van der Waals surface area contributed by atoms with Crippen molar-refractivity contribution in [2.75, 3.05) is 18.6 Å². The third-order valence-corrected chi connectivity index (χ3v) is 4.58. The predicted octanol–water partition coefficient (Wildman–Crippen LogP) is 2.67. The number of methoxy groups -OCH3 is 1. The van der Waals surface area contributed by atoms with Gasteiger partial charge in [0.15, 0.2) is 11.5 Å². The fourth-order valence-electron chi connectivity index (χ4n) is 2.29. The van der Waals surface area contributed by atoms with Gasteiger partial charge in [-0.2, -0.15) is 16.9 Å². The zero-order chi connectivity index (χ0) is 15.5. The Labute approximate surface area is 131 Å². The van der Waals surface area contributed by atoms with Gasteiger partial charge in [0.2, 0.25) is 0 Å². The van der Waals surface area contributed by atoms with E-state index in [1.165, 1.54) is 6.07 Å². The van der Waals surface area contributed by atoms with Gasteiger partial charge >= 0.3 is 5.97 Å². The Bertz CT molecular complexity index is 680. The van der Waals surface area contributed by atoms with E-state index >= 15 is 0 Å². The van der Waals surface area contributed by atoms with E-state index in [1.807, 2.05) is 23.9 Å². The van der Waals surface area contributed by atoms with E-state index in [1.54, 1.807) is 13.2 Å². The minimum Gasteiger partial charge on any atom is -0.493 e. The minimum atomic E-state index is -1.04. The molecule has 7 heteroatoms. The van der Waals surface area contributed by atoms with Crippen LogP contribution >= 0.6 is 11.8 Å². The van der Waals surface area contributed by atoms with E-state index in [9.17, 15) is 4.79 Å². The summed E-state index contributed by atoms with van der Waals surface area (Å²) in [4.78, 5) is 10.9. The van der Waals surface area contributed by atoms with Gasteiger partial charge in [0.1, 0.15) is 11.8 Å². The molecule has 1 unspecified atom stereocenters. The second-order valence-corrected chi connectivity index (χ2v) is 6.09. The number of H-pyrrole nitrogens is 1. The van der Waals surface area contributed by atoms with Crippen LogP contribution in [0.4, 0.5) is 0 Å². The molecular formula is C15H16N2O4S. The zero-order valence-electron chi connectivity index (χ0n) is 12.0. The van der Waals surface area contributed by atoms with Crippen LogP contribution < -0.4 is 9.47 Å². The summed E-state index contributed by atoms with van der Waals surface area (Å²) in [6.07, 6.45) is 1.26. The van der Waals surface area contributed by atoms with Gasteiger partial charge < -0.3 is 14.6 Å². The number of carbonyl (C=O) groups is 1. The van der Waals surface area contributed by atoms with E-state index in [-0.39, 0.29) is 11.8 Å². The van der Waals surface area contributed by atoms with E-state index < -0.39 is 5.97 Å². The van der Waals surface area contributed by atoms with Crippen LogP contribution in [0, 0.1) is 0 Å². The summed E-state index contributed by atoms with van der Waals surface area (Å²) in [5, 5.41) is 15.4. The standard InChI is InChI=1S/C15H16N2O4S/c1-20-14-6-9(11-7-12(15(18)19)17-16-11)2-3-13(14)21-10-4-5-22-8-10/h2-3,6-7,10H,4-5,8H2,1H3,(H,16,17)(H,18,19). The molecule has 0 radical (unpaired) electrons. The highest BCUT2D eigenvalue weighted by molar-refractivity contribution is 7.99. The largest absolute Gasteiger partial charge is 0.493 e. The van der Waals surface area contributed by atoms with Crippen molar-refractivity contribution in [1.29, 1.82) is 0 Å². The molecule has 1 saturated heterocycles. The Morgan fingerprint density at radius 2 is 2.27 bits per heavy atom. The number of aromatic carboxylic acids is 1. The molecule has 1 fully saturated rings. The van der Waals surface area contributed by atoms with Gasteiger partial charge in [-0.3, -0.25) is 5.10 Å². The van der Waals surface area contributed by atoms with Gasteiger partial charge in [-0.25, -0.2) is 4.79 Å². The Kier molecular flexibility index (Phi) is 4.24. The van der Waals surface area contributed by atoms with Crippen LogP contribution in [0.5, 0.6) is 11.5 Å². The van der Waals surface area contributed by atoms with Crippen molar-refractivity contribution in [3.8, 4) is 22.8 Å². The number of carboxylic acid groups (broad SMARTS) is 1. The van der Waals surface area contributed by atoms with Gasteiger partial charge in [-0.05, 0) is 36.4 Å². The molecule has 6 nitrogen and oxygen atoms in total. The lowest BCUT2D eigenvalue weighted by atomic mass is 10.1. The maximum Gasteiger partial charge on any atom is 0.353 e. The first-order valence-electron chi connectivity index (χ1n) is 6.89. The molecule has 0 spiro atoms. The molecular weight excluding hydrogens is 304 g/mol.